The van der Waals surface area contributed by atoms with Crippen molar-refractivity contribution < 1.29 is 23.8 Å². The van der Waals surface area contributed by atoms with Crippen molar-refractivity contribution in [2.45, 2.75) is 245 Å². The van der Waals surface area contributed by atoms with Gasteiger partial charge < -0.3 is 14.2 Å². The topological polar surface area (TPSA) is 61.8 Å². The molecule has 0 amide bonds. The molecule has 1 unspecified atom stereocenters. The van der Waals surface area contributed by atoms with Crippen molar-refractivity contribution in [1.29, 1.82) is 0 Å². The van der Waals surface area contributed by atoms with Gasteiger partial charge in [0.2, 0.25) is 0 Å². The fraction of sp³-hybridized carbons (Fsp3) is 0.651. The minimum absolute atomic E-state index is 0.0521. The number of carbonyl (C=O) groups is 2. The van der Waals surface area contributed by atoms with Crippen molar-refractivity contribution in [2.24, 2.45) is 0 Å². The molecule has 0 aromatic carbocycles. The Morgan fingerprint density at radius 2 is 0.662 bits per heavy atom. The van der Waals surface area contributed by atoms with Gasteiger partial charge in [-0.3, -0.25) is 9.59 Å². The maximum absolute atomic E-state index is 12.8. The van der Waals surface area contributed by atoms with Crippen LogP contribution in [0.2, 0.25) is 0 Å². The van der Waals surface area contributed by atoms with E-state index in [2.05, 4.69) is 142 Å². The lowest BCUT2D eigenvalue weighted by molar-refractivity contribution is -0.163. The molecule has 5 heteroatoms. The fourth-order valence-electron chi connectivity index (χ4n) is 7.34. The number of unbranched alkanes of at least 4 members (excludes halogenated alkanes) is 19. The van der Waals surface area contributed by atoms with Gasteiger partial charge in [0, 0.05) is 19.4 Å². The maximum Gasteiger partial charge on any atom is 0.306 e. The van der Waals surface area contributed by atoms with Crippen LogP contribution in [0, 0.1) is 0 Å². The van der Waals surface area contributed by atoms with E-state index in [1.807, 2.05) is 0 Å². The van der Waals surface area contributed by atoms with Crippen molar-refractivity contribution in [1.82, 2.24) is 0 Å². The summed E-state index contributed by atoms with van der Waals surface area (Å²) in [5.41, 5.74) is 0. The van der Waals surface area contributed by atoms with E-state index in [4.69, 9.17) is 14.2 Å². The molecule has 0 aromatic rings. The molecule has 0 saturated carbocycles. The molecule has 0 aliphatic heterocycles. The molecule has 0 aliphatic carbocycles. The molecule has 68 heavy (non-hydrogen) atoms. The highest BCUT2D eigenvalue weighted by Gasteiger charge is 2.17. The average Bonchev–Trinajstić information content (AvgIpc) is 3.34. The Kier molecular flexibility index (Phi) is 54.5. The minimum Gasteiger partial charge on any atom is -0.462 e. The average molecular weight is 942 g/mol. The maximum atomic E-state index is 12.8. The molecule has 0 spiro atoms. The van der Waals surface area contributed by atoms with Gasteiger partial charge in [-0.25, -0.2) is 0 Å². The molecular weight excluding hydrogens is 837 g/mol. The van der Waals surface area contributed by atoms with Crippen LogP contribution in [0.5, 0.6) is 0 Å². The van der Waals surface area contributed by atoms with Crippen LogP contribution in [0.15, 0.2) is 122 Å². The Labute approximate surface area is 420 Å². The second kappa shape index (κ2) is 57.6. The lowest BCUT2D eigenvalue weighted by Crippen LogP contribution is -2.30. The number of hydrogen-bond donors (Lipinski definition) is 0. The smallest absolute Gasteiger partial charge is 0.306 e. The van der Waals surface area contributed by atoms with E-state index in [9.17, 15) is 9.59 Å². The second-order valence-corrected chi connectivity index (χ2v) is 18.1. The molecular formula is C63H104O5. The highest BCUT2D eigenvalue weighted by molar-refractivity contribution is 5.70. The van der Waals surface area contributed by atoms with Gasteiger partial charge in [0.25, 0.3) is 0 Å². The van der Waals surface area contributed by atoms with Crippen LogP contribution in [0.1, 0.15) is 239 Å². The van der Waals surface area contributed by atoms with Gasteiger partial charge in [-0.1, -0.05) is 219 Å². The van der Waals surface area contributed by atoms with Gasteiger partial charge in [0.05, 0.1) is 6.61 Å². The highest BCUT2D eigenvalue weighted by atomic mass is 16.6. The van der Waals surface area contributed by atoms with E-state index in [1.54, 1.807) is 0 Å². The summed E-state index contributed by atoms with van der Waals surface area (Å²) in [6.07, 6.45) is 80.7. The first-order chi connectivity index (χ1) is 33.6. The third-order valence-corrected chi connectivity index (χ3v) is 11.5. The van der Waals surface area contributed by atoms with Crippen LogP contribution in [0.3, 0.4) is 0 Å². The standard InChI is InChI=1S/C63H104O5/c1-4-7-10-13-16-19-22-25-28-30-32-33-36-38-41-44-47-50-53-56-62(64)67-60-61(68-63(65)57-54-51-48-45-42-39-35-27-24-21-18-15-12-9-6-3)59-66-58-55-52-49-46-43-40-37-34-31-29-26-23-20-17-14-11-8-5-2/h7-8,10-11,16-21,25-29,32-33,35,38,41,61H,4-6,9,12-15,22-24,30-31,34,36-37,39-40,42-60H2,1-3H3/b10-7-,11-8-,19-16-,20-17-,21-18-,28-25-,29-26-,33-32-,35-27-,41-38-. The first-order valence-corrected chi connectivity index (χ1v) is 28.1. The van der Waals surface area contributed by atoms with E-state index in [0.29, 0.717) is 19.4 Å². The molecule has 0 aliphatic rings. The highest BCUT2D eigenvalue weighted by Crippen LogP contribution is 2.13. The monoisotopic (exact) mass is 941 g/mol. The van der Waals surface area contributed by atoms with Gasteiger partial charge in [-0.2, -0.15) is 0 Å². The summed E-state index contributed by atoms with van der Waals surface area (Å²) in [6, 6.07) is 0. The third-order valence-electron chi connectivity index (χ3n) is 11.5. The largest absolute Gasteiger partial charge is 0.462 e. The molecule has 0 bridgehead atoms. The van der Waals surface area contributed by atoms with Crippen LogP contribution in [0.4, 0.5) is 0 Å². The zero-order valence-electron chi connectivity index (χ0n) is 44.3. The molecule has 0 saturated heterocycles. The summed E-state index contributed by atoms with van der Waals surface area (Å²) >= 11 is 0. The van der Waals surface area contributed by atoms with Crippen LogP contribution >= 0.6 is 0 Å². The lowest BCUT2D eigenvalue weighted by atomic mass is 10.1. The second-order valence-electron chi connectivity index (χ2n) is 18.1. The van der Waals surface area contributed by atoms with Gasteiger partial charge in [0.15, 0.2) is 6.10 Å². The predicted molar refractivity (Wildman–Crippen MR) is 297 cm³/mol. The van der Waals surface area contributed by atoms with Gasteiger partial charge in [-0.05, 0) is 128 Å². The van der Waals surface area contributed by atoms with Gasteiger partial charge in [-0.15, -0.1) is 0 Å². The van der Waals surface area contributed by atoms with E-state index >= 15 is 0 Å². The molecule has 386 valence electrons. The van der Waals surface area contributed by atoms with Crippen LogP contribution in [0.25, 0.3) is 0 Å². The van der Waals surface area contributed by atoms with Crippen LogP contribution in [-0.4, -0.2) is 37.9 Å². The Morgan fingerprint density at radius 3 is 1.07 bits per heavy atom. The van der Waals surface area contributed by atoms with Crippen molar-refractivity contribution in [3.05, 3.63) is 122 Å². The third kappa shape index (κ3) is 54.9. The van der Waals surface area contributed by atoms with E-state index < -0.39 is 6.10 Å². The van der Waals surface area contributed by atoms with E-state index in [1.165, 1.54) is 83.5 Å². The summed E-state index contributed by atoms with van der Waals surface area (Å²) in [7, 11) is 0. The molecule has 0 rings (SSSR count). The molecule has 0 fully saturated rings. The molecule has 0 heterocycles. The van der Waals surface area contributed by atoms with Crippen LogP contribution in [-0.2, 0) is 23.8 Å². The normalized spacial score (nSPS) is 13.2. The first-order valence-electron chi connectivity index (χ1n) is 28.1. The fourth-order valence-corrected chi connectivity index (χ4v) is 7.34. The summed E-state index contributed by atoms with van der Waals surface area (Å²) in [4.78, 5) is 25.5. The Bertz CT molecular complexity index is 1390. The summed E-state index contributed by atoms with van der Waals surface area (Å²) in [5, 5.41) is 0. The predicted octanol–water partition coefficient (Wildman–Crippen LogP) is 19.3. The molecule has 0 radical (unpaired) electrons. The number of hydrogen-bond acceptors (Lipinski definition) is 5. The number of carbonyl (C=O) groups excluding carboxylic acids is 2. The van der Waals surface area contributed by atoms with Crippen molar-refractivity contribution >= 4 is 11.9 Å². The van der Waals surface area contributed by atoms with E-state index in [0.717, 1.165) is 122 Å². The Balaban J connectivity index is 4.39. The SMILES string of the molecule is CC/C=C\C/C=C\C/C=C\C/C=C\C/C=C\CCCCCC(=O)OCC(COCCCCCCCCCC/C=C\C/C=C\C/C=C\CC)OC(=O)CCCCCCC/C=C\C/C=C\CCCCC. The Hall–Kier alpha value is -3.70. The summed E-state index contributed by atoms with van der Waals surface area (Å²) in [6.45, 7) is 7.51. The number of allylic oxidation sites excluding steroid dienone is 20. The van der Waals surface area contributed by atoms with Crippen LogP contribution < -0.4 is 0 Å². The minimum atomic E-state index is -0.570. The van der Waals surface area contributed by atoms with Gasteiger partial charge in [0.1, 0.15) is 6.61 Å². The quantitative estimate of drug-likeness (QED) is 0.0345. The molecule has 5 nitrogen and oxygen atoms in total. The summed E-state index contributed by atoms with van der Waals surface area (Å²) in [5.74, 6) is -0.459. The lowest BCUT2D eigenvalue weighted by Gasteiger charge is -2.18. The molecule has 0 aromatic heterocycles. The zero-order valence-corrected chi connectivity index (χ0v) is 44.3. The number of ether oxygens (including phenoxy) is 3. The Morgan fingerprint density at radius 1 is 0.338 bits per heavy atom. The number of rotatable bonds is 50. The van der Waals surface area contributed by atoms with Crippen molar-refractivity contribution in [2.75, 3.05) is 19.8 Å². The first kappa shape index (κ1) is 64.3. The molecule has 1 atom stereocenters. The molecule has 0 N–H and O–H groups in total. The van der Waals surface area contributed by atoms with Crippen molar-refractivity contribution in [3.63, 3.8) is 0 Å². The van der Waals surface area contributed by atoms with E-state index in [-0.39, 0.29) is 25.2 Å². The van der Waals surface area contributed by atoms with Crippen molar-refractivity contribution in [3.8, 4) is 0 Å². The number of esters is 2. The summed E-state index contributed by atoms with van der Waals surface area (Å²) < 4.78 is 17.4. The van der Waals surface area contributed by atoms with Gasteiger partial charge >= 0.3 is 11.9 Å². The zero-order chi connectivity index (χ0) is 49.2.